The predicted octanol–water partition coefficient (Wildman–Crippen LogP) is 0.0807. The molecule has 4 rings (SSSR count). The second-order valence-electron chi connectivity index (χ2n) is 6.32. The summed E-state index contributed by atoms with van der Waals surface area (Å²) in [6, 6.07) is 2.94. The minimum atomic E-state index is -2.84. The molecule has 2 aliphatic rings. The number of nitrogens with zero attached hydrogens (tertiary/aromatic N) is 4. The molecule has 0 bridgehead atoms. The van der Waals surface area contributed by atoms with Gasteiger partial charge >= 0.3 is 0 Å². The number of halogens is 1. The number of rotatable bonds is 2. The van der Waals surface area contributed by atoms with Crippen molar-refractivity contribution in [2.45, 2.75) is 43.5 Å². The lowest BCUT2D eigenvalue weighted by molar-refractivity contribution is -0.204. The summed E-state index contributed by atoms with van der Waals surface area (Å²) in [5.74, 6) is -2.11. The molecule has 2 aliphatic heterocycles. The van der Waals surface area contributed by atoms with Crippen LogP contribution in [0.5, 0.6) is 0 Å². The second-order valence-corrected chi connectivity index (χ2v) is 6.32. The van der Waals surface area contributed by atoms with Gasteiger partial charge in [0.15, 0.2) is 17.4 Å². The molecule has 10 heteroatoms. The molecular formula is C15H16FN5O4. The van der Waals surface area contributed by atoms with Gasteiger partial charge < -0.3 is 25.1 Å². The normalized spacial score (nSPS) is 35.2. The number of hydrogen-bond acceptors (Lipinski definition) is 8. The van der Waals surface area contributed by atoms with Crippen LogP contribution < -0.4 is 5.73 Å². The van der Waals surface area contributed by atoms with Crippen molar-refractivity contribution in [1.82, 2.24) is 14.6 Å². The van der Waals surface area contributed by atoms with Gasteiger partial charge in [0.2, 0.25) is 5.60 Å². The van der Waals surface area contributed by atoms with Gasteiger partial charge in [-0.3, -0.25) is 0 Å². The van der Waals surface area contributed by atoms with Crippen molar-refractivity contribution < 1.29 is 26.4 Å². The highest BCUT2D eigenvalue weighted by molar-refractivity contribution is 5.67. The number of fused-ring (bicyclic) bond motifs is 2. The standard InChI is InChI=1S/C15H16FN5O4/c1-14(2)24-11-8(4-22)23-15(5-17,12(11)25-14)9-3-7(16)10-13(18)19-6-20-21(9)10/h3,6,8,11-12,22H,4H2,1-2H3,(H2,18,19,20)/t8-,11-,12-,15+/m1/s1/i4D2. The fourth-order valence-electron chi connectivity index (χ4n) is 3.40. The molecule has 132 valence electrons. The van der Waals surface area contributed by atoms with Crippen LogP contribution in [0.15, 0.2) is 12.4 Å². The Morgan fingerprint density at radius 2 is 2.28 bits per heavy atom. The van der Waals surface area contributed by atoms with Gasteiger partial charge in [0, 0.05) is 6.07 Å². The fourth-order valence-corrected chi connectivity index (χ4v) is 3.40. The van der Waals surface area contributed by atoms with E-state index in [9.17, 15) is 14.8 Å². The number of aromatic nitrogens is 3. The Bertz CT molecular complexity index is 971. The van der Waals surface area contributed by atoms with Gasteiger partial charge in [-0.25, -0.2) is 13.9 Å². The molecule has 0 aliphatic carbocycles. The van der Waals surface area contributed by atoms with Gasteiger partial charge in [0.1, 0.15) is 36.2 Å². The molecule has 2 aromatic heterocycles. The van der Waals surface area contributed by atoms with Gasteiger partial charge in [0.25, 0.3) is 0 Å². The van der Waals surface area contributed by atoms with E-state index in [4.69, 9.17) is 22.7 Å². The zero-order valence-electron chi connectivity index (χ0n) is 15.3. The van der Waals surface area contributed by atoms with E-state index >= 15 is 0 Å². The molecule has 0 unspecified atom stereocenters. The zero-order valence-corrected chi connectivity index (χ0v) is 13.3. The molecule has 4 atom stereocenters. The van der Waals surface area contributed by atoms with Crippen molar-refractivity contribution in [3.05, 3.63) is 23.9 Å². The van der Waals surface area contributed by atoms with E-state index in [0.717, 1.165) is 16.9 Å². The number of ether oxygens (including phenoxy) is 3. The number of nitrogen functional groups attached to an aromatic ring is 1. The molecule has 0 radical (unpaired) electrons. The molecular weight excluding hydrogens is 333 g/mol. The lowest BCUT2D eigenvalue weighted by Crippen LogP contribution is -2.40. The second kappa shape index (κ2) is 5.09. The van der Waals surface area contributed by atoms with Gasteiger partial charge in [-0.05, 0) is 13.8 Å². The summed E-state index contributed by atoms with van der Waals surface area (Å²) in [4.78, 5) is 3.73. The highest BCUT2D eigenvalue weighted by Crippen LogP contribution is 2.49. The summed E-state index contributed by atoms with van der Waals surface area (Å²) < 4.78 is 48.0. The molecule has 2 aromatic rings. The molecule has 2 saturated heterocycles. The Labute approximate surface area is 144 Å². The first-order valence-corrected chi connectivity index (χ1v) is 7.45. The van der Waals surface area contributed by atoms with E-state index in [1.165, 1.54) is 0 Å². The first-order valence-electron chi connectivity index (χ1n) is 8.45. The molecule has 0 amide bonds. The van der Waals surface area contributed by atoms with Crippen LogP contribution in [0.3, 0.4) is 0 Å². The Hall–Kier alpha value is -2.32. The van der Waals surface area contributed by atoms with Gasteiger partial charge in [-0.1, -0.05) is 0 Å². The van der Waals surface area contributed by atoms with Crippen LogP contribution in [-0.4, -0.2) is 50.4 Å². The smallest absolute Gasteiger partial charge is 0.226 e. The van der Waals surface area contributed by atoms with Crippen molar-refractivity contribution in [3.63, 3.8) is 0 Å². The maximum Gasteiger partial charge on any atom is 0.226 e. The molecule has 3 N–H and O–H groups in total. The van der Waals surface area contributed by atoms with Crippen molar-refractivity contribution in [2.75, 3.05) is 12.3 Å². The SMILES string of the molecule is [2H]C([2H])(O)[C@H]1O[C@@](C#N)(c2cc(F)c3c(N)ncnn23)[C@@H]2OC(C)(C)O[C@@H]21. The third-order valence-electron chi connectivity index (χ3n) is 4.35. The van der Waals surface area contributed by atoms with Crippen molar-refractivity contribution in [2.24, 2.45) is 0 Å². The van der Waals surface area contributed by atoms with Crippen LogP contribution >= 0.6 is 0 Å². The number of nitriles is 1. The first kappa shape index (κ1) is 13.9. The van der Waals surface area contributed by atoms with E-state index < -0.39 is 42.1 Å². The van der Waals surface area contributed by atoms with Crippen molar-refractivity contribution >= 4 is 11.3 Å². The minimum absolute atomic E-state index is 0.0744. The molecule has 0 spiro atoms. The molecule has 9 nitrogen and oxygen atoms in total. The van der Waals surface area contributed by atoms with Crippen LogP contribution in [0.1, 0.15) is 22.3 Å². The quantitative estimate of drug-likeness (QED) is 0.778. The van der Waals surface area contributed by atoms with Crippen LogP contribution in [0, 0.1) is 17.1 Å². The van der Waals surface area contributed by atoms with Crippen LogP contribution in [0.4, 0.5) is 10.2 Å². The van der Waals surface area contributed by atoms with Gasteiger partial charge in [0.05, 0.1) is 15.0 Å². The molecule has 25 heavy (non-hydrogen) atoms. The van der Waals surface area contributed by atoms with Gasteiger partial charge in [-0.2, -0.15) is 10.4 Å². The van der Waals surface area contributed by atoms with Crippen LogP contribution in [0.25, 0.3) is 5.52 Å². The Morgan fingerprint density at radius 3 is 2.96 bits per heavy atom. The fraction of sp³-hybridized carbons (Fsp3) is 0.533. The lowest BCUT2D eigenvalue weighted by atomic mass is 9.92. The van der Waals surface area contributed by atoms with E-state index in [1.54, 1.807) is 13.8 Å². The molecule has 4 heterocycles. The topological polar surface area (TPSA) is 128 Å². The largest absolute Gasteiger partial charge is 0.394 e. The molecule has 0 aromatic carbocycles. The molecule has 0 saturated carbocycles. The third kappa shape index (κ3) is 2.07. The maximum atomic E-state index is 14.5. The number of anilines is 1. The van der Waals surface area contributed by atoms with Crippen LogP contribution in [-0.2, 0) is 19.8 Å². The average molecular weight is 351 g/mol. The highest BCUT2D eigenvalue weighted by atomic mass is 19.1. The van der Waals surface area contributed by atoms with E-state index in [-0.39, 0.29) is 17.0 Å². The zero-order chi connectivity index (χ0) is 19.8. The third-order valence-corrected chi connectivity index (χ3v) is 4.35. The Balaban J connectivity index is 1.95. The summed E-state index contributed by atoms with van der Waals surface area (Å²) >= 11 is 0. The summed E-state index contributed by atoms with van der Waals surface area (Å²) in [6.45, 7) is 0.313. The lowest BCUT2D eigenvalue weighted by Gasteiger charge is -2.28. The summed E-state index contributed by atoms with van der Waals surface area (Å²) in [6.07, 6.45) is -2.75. The summed E-state index contributed by atoms with van der Waals surface area (Å²) in [7, 11) is 0. The van der Waals surface area contributed by atoms with E-state index in [1.807, 2.05) is 6.07 Å². The maximum absolute atomic E-state index is 14.5. The summed E-state index contributed by atoms with van der Waals surface area (Å²) in [5, 5.41) is 23.8. The van der Waals surface area contributed by atoms with E-state index in [2.05, 4.69) is 10.1 Å². The van der Waals surface area contributed by atoms with Crippen molar-refractivity contribution in [1.29, 1.82) is 5.26 Å². The average Bonchev–Trinajstić information content (AvgIpc) is 3.15. The van der Waals surface area contributed by atoms with Crippen molar-refractivity contribution in [3.8, 4) is 6.07 Å². The Kier molecular flexibility index (Phi) is 2.83. The van der Waals surface area contributed by atoms with Crippen LogP contribution in [0.2, 0.25) is 0 Å². The minimum Gasteiger partial charge on any atom is -0.394 e. The monoisotopic (exact) mass is 351 g/mol. The highest BCUT2D eigenvalue weighted by Gasteiger charge is 2.65. The number of nitrogens with two attached hydrogens (primary N) is 1. The molecule has 2 fully saturated rings. The number of aliphatic hydroxyl groups is 1. The number of hydrogen-bond donors (Lipinski definition) is 2. The summed E-state index contributed by atoms with van der Waals surface area (Å²) in [5.41, 5.74) is 3.47. The van der Waals surface area contributed by atoms with Gasteiger partial charge in [-0.15, -0.1) is 0 Å². The Morgan fingerprint density at radius 1 is 1.52 bits per heavy atom. The first-order chi connectivity index (χ1) is 12.5. The van der Waals surface area contributed by atoms with E-state index in [0.29, 0.717) is 0 Å². The predicted molar refractivity (Wildman–Crippen MR) is 80.4 cm³/mol.